The molecule has 2 aromatic rings. The SMILES string of the molecule is COc1cccc(NC(=O)[C@H](C)NC(=O)[C@@H]2Cc3ccccc3CN2)c1. The molecular formula is C20H23N3O3. The van der Waals surface area contributed by atoms with Crippen molar-refractivity contribution in [3.63, 3.8) is 0 Å². The summed E-state index contributed by atoms with van der Waals surface area (Å²) < 4.78 is 5.14. The molecule has 0 bridgehead atoms. The van der Waals surface area contributed by atoms with Gasteiger partial charge in [-0.25, -0.2) is 0 Å². The Morgan fingerprint density at radius 1 is 1.15 bits per heavy atom. The summed E-state index contributed by atoms with van der Waals surface area (Å²) in [6.07, 6.45) is 0.617. The molecule has 136 valence electrons. The number of amides is 2. The maximum Gasteiger partial charge on any atom is 0.246 e. The van der Waals surface area contributed by atoms with Gasteiger partial charge in [0.1, 0.15) is 11.8 Å². The van der Waals surface area contributed by atoms with Crippen LogP contribution in [-0.2, 0) is 22.6 Å². The third-order valence-corrected chi connectivity index (χ3v) is 4.49. The first-order valence-corrected chi connectivity index (χ1v) is 8.62. The first-order chi connectivity index (χ1) is 12.6. The molecule has 0 saturated carbocycles. The van der Waals surface area contributed by atoms with Crippen LogP contribution in [0.3, 0.4) is 0 Å². The minimum absolute atomic E-state index is 0.173. The molecule has 0 spiro atoms. The van der Waals surface area contributed by atoms with E-state index in [0.29, 0.717) is 24.4 Å². The summed E-state index contributed by atoms with van der Waals surface area (Å²) in [5.41, 5.74) is 3.00. The van der Waals surface area contributed by atoms with Crippen molar-refractivity contribution in [2.24, 2.45) is 0 Å². The van der Waals surface area contributed by atoms with Crippen molar-refractivity contribution in [2.75, 3.05) is 12.4 Å². The van der Waals surface area contributed by atoms with E-state index in [4.69, 9.17) is 4.74 Å². The number of rotatable bonds is 5. The van der Waals surface area contributed by atoms with Crippen molar-refractivity contribution in [1.29, 1.82) is 0 Å². The molecule has 6 heteroatoms. The van der Waals surface area contributed by atoms with E-state index < -0.39 is 6.04 Å². The molecule has 6 nitrogen and oxygen atoms in total. The van der Waals surface area contributed by atoms with Crippen molar-refractivity contribution in [3.8, 4) is 5.75 Å². The van der Waals surface area contributed by atoms with Gasteiger partial charge >= 0.3 is 0 Å². The van der Waals surface area contributed by atoms with E-state index in [2.05, 4.69) is 22.0 Å². The average molecular weight is 353 g/mol. The molecule has 1 heterocycles. The van der Waals surface area contributed by atoms with Crippen molar-refractivity contribution in [2.45, 2.75) is 32.0 Å². The summed E-state index contributed by atoms with van der Waals surface area (Å²) in [6.45, 7) is 2.32. The molecule has 26 heavy (non-hydrogen) atoms. The van der Waals surface area contributed by atoms with Gasteiger partial charge in [-0.15, -0.1) is 0 Å². The lowest BCUT2D eigenvalue weighted by atomic mass is 9.95. The highest BCUT2D eigenvalue weighted by Crippen LogP contribution is 2.18. The number of fused-ring (bicyclic) bond motifs is 1. The summed E-state index contributed by atoms with van der Waals surface area (Å²) >= 11 is 0. The quantitative estimate of drug-likeness (QED) is 0.766. The molecule has 0 radical (unpaired) electrons. The first-order valence-electron chi connectivity index (χ1n) is 8.62. The van der Waals surface area contributed by atoms with E-state index in [-0.39, 0.29) is 17.9 Å². The summed E-state index contributed by atoms with van der Waals surface area (Å²) in [5, 5.41) is 8.79. The summed E-state index contributed by atoms with van der Waals surface area (Å²) in [7, 11) is 1.57. The Morgan fingerprint density at radius 2 is 1.92 bits per heavy atom. The first kappa shape index (κ1) is 17.9. The van der Waals surface area contributed by atoms with E-state index >= 15 is 0 Å². The van der Waals surface area contributed by atoms with Gasteiger partial charge in [0.25, 0.3) is 0 Å². The molecule has 0 saturated heterocycles. The van der Waals surface area contributed by atoms with Gasteiger partial charge < -0.3 is 20.7 Å². The highest BCUT2D eigenvalue weighted by atomic mass is 16.5. The second-order valence-corrected chi connectivity index (χ2v) is 6.36. The number of ether oxygens (including phenoxy) is 1. The number of nitrogens with one attached hydrogen (secondary N) is 3. The topological polar surface area (TPSA) is 79.5 Å². The maximum absolute atomic E-state index is 12.5. The third-order valence-electron chi connectivity index (χ3n) is 4.49. The zero-order valence-electron chi connectivity index (χ0n) is 14.9. The van der Waals surface area contributed by atoms with Crippen LogP contribution in [0.25, 0.3) is 0 Å². The van der Waals surface area contributed by atoms with Crippen LogP contribution in [0.4, 0.5) is 5.69 Å². The lowest BCUT2D eigenvalue weighted by Gasteiger charge is -2.26. The molecule has 2 amide bonds. The van der Waals surface area contributed by atoms with Gasteiger partial charge in [0.15, 0.2) is 0 Å². The van der Waals surface area contributed by atoms with Crippen LogP contribution in [0, 0.1) is 0 Å². The largest absolute Gasteiger partial charge is 0.497 e. The molecule has 0 unspecified atom stereocenters. The van der Waals surface area contributed by atoms with Gasteiger partial charge in [-0.3, -0.25) is 9.59 Å². The van der Waals surface area contributed by atoms with Crippen molar-refractivity contribution >= 4 is 17.5 Å². The number of carbonyl (C=O) groups is 2. The van der Waals surface area contributed by atoms with Gasteiger partial charge in [-0.1, -0.05) is 30.3 Å². The predicted molar refractivity (Wildman–Crippen MR) is 100 cm³/mol. The van der Waals surface area contributed by atoms with E-state index in [9.17, 15) is 9.59 Å². The van der Waals surface area contributed by atoms with E-state index in [1.807, 2.05) is 18.2 Å². The molecule has 1 aliphatic rings. The monoisotopic (exact) mass is 353 g/mol. The fourth-order valence-electron chi connectivity index (χ4n) is 2.97. The maximum atomic E-state index is 12.5. The summed E-state index contributed by atoms with van der Waals surface area (Å²) in [5.74, 6) is 0.208. The molecule has 3 N–H and O–H groups in total. The van der Waals surface area contributed by atoms with E-state index in [0.717, 1.165) is 0 Å². The molecule has 3 rings (SSSR count). The Hall–Kier alpha value is -2.86. The number of carbonyl (C=O) groups excluding carboxylic acids is 2. The molecule has 0 aromatic heterocycles. The highest BCUT2D eigenvalue weighted by molar-refractivity contribution is 5.97. The molecule has 1 aliphatic heterocycles. The molecule has 0 aliphatic carbocycles. The van der Waals surface area contributed by atoms with Crippen LogP contribution in [0.1, 0.15) is 18.1 Å². The van der Waals surface area contributed by atoms with Crippen molar-refractivity contribution < 1.29 is 14.3 Å². The predicted octanol–water partition coefficient (Wildman–Crippen LogP) is 1.85. The Labute approximate surface area is 152 Å². The van der Waals surface area contributed by atoms with Gasteiger partial charge in [0, 0.05) is 18.3 Å². The smallest absolute Gasteiger partial charge is 0.246 e. The fourth-order valence-corrected chi connectivity index (χ4v) is 2.97. The number of hydrogen-bond acceptors (Lipinski definition) is 4. The van der Waals surface area contributed by atoms with Crippen LogP contribution in [0.15, 0.2) is 48.5 Å². The molecule has 2 aromatic carbocycles. The van der Waals surface area contributed by atoms with E-state index in [1.54, 1.807) is 38.3 Å². The fraction of sp³-hybridized carbons (Fsp3) is 0.300. The Bertz CT molecular complexity index is 806. The lowest BCUT2D eigenvalue weighted by molar-refractivity contribution is -0.127. The molecular weight excluding hydrogens is 330 g/mol. The second-order valence-electron chi connectivity index (χ2n) is 6.36. The summed E-state index contributed by atoms with van der Waals surface area (Å²) in [4.78, 5) is 24.8. The van der Waals surface area contributed by atoms with Gasteiger partial charge in [-0.05, 0) is 36.6 Å². The zero-order valence-corrected chi connectivity index (χ0v) is 14.9. The van der Waals surface area contributed by atoms with Gasteiger partial charge in [-0.2, -0.15) is 0 Å². The van der Waals surface area contributed by atoms with Gasteiger partial charge in [0.2, 0.25) is 11.8 Å². The second kappa shape index (κ2) is 8.01. The summed E-state index contributed by atoms with van der Waals surface area (Å²) in [6, 6.07) is 14.2. The van der Waals surface area contributed by atoms with Crippen LogP contribution in [-0.4, -0.2) is 31.0 Å². The molecule has 0 fully saturated rings. The average Bonchev–Trinajstić information content (AvgIpc) is 2.67. The minimum Gasteiger partial charge on any atom is -0.497 e. The number of hydrogen-bond donors (Lipinski definition) is 3. The Balaban J connectivity index is 1.56. The minimum atomic E-state index is -0.646. The normalized spacial score (nSPS) is 16.9. The van der Waals surface area contributed by atoms with Crippen LogP contribution in [0.2, 0.25) is 0 Å². The zero-order chi connectivity index (χ0) is 18.5. The van der Waals surface area contributed by atoms with Crippen molar-refractivity contribution in [1.82, 2.24) is 10.6 Å². The van der Waals surface area contributed by atoms with E-state index in [1.165, 1.54) is 11.1 Å². The van der Waals surface area contributed by atoms with Crippen LogP contribution in [0.5, 0.6) is 5.75 Å². The van der Waals surface area contributed by atoms with Crippen LogP contribution >= 0.6 is 0 Å². The Kier molecular flexibility index (Phi) is 5.53. The lowest BCUT2D eigenvalue weighted by Crippen LogP contribution is -2.52. The number of anilines is 1. The van der Waals surface area contributed by atoms with Crippen molar-refractivity contribution in [3.05, 3.63) is 59.7 Å². The third kappa shape index (κ3) is 4.21. The van der Waals surface area contributed by atoms with Gasteiger partial charge in [0.05, 0.1) is 13.2 Å². The highest BCUT2D eigenvalue weighted by Gasteiger charge is 2.26. The standard InChI is InChI=1S/C20H23N3O3/c1-13(19(24)23-16-8-5-9-17(11-16)26-2)22-20(25)18-10-14-6-3-4-7-15(14)12-21-18/h3-9,11,13,18,21H,10,12H2,1-2H3,(H,22,25)(H,23,24)/t13-,18-/m0/s1. The number of methoxy groups -OCH3 is 1. The Morgan fingerprint density at radius 3 is 2.69 bits per heavy atom. The molecule has 2 atom stereocenters. The van der Waals surface area contributed by atoms with Crippen LogP contribution < -0.4 is 20.7 Å². The number of benzene rings is 2.